The van der Waals surface area contributed by atoms with Crippen LogP contribution in [0.15, 0.2) is 30.3 Å². The molecule has 0 fully saturated rings. The minimum absolute atomic E-state index is 0.0325. The summed E-state index contributed by atoms with van der Waals surface area (Å²) in [6, 6.07) is 9.37. The molecule has 1 atom stereocenters. The molecule has 0 bridgehead atoms. The van der Waals surface area contributed by atoms with Crippen LogP contribution in [0.3, 0.4) is 0 Å². The van der Waals surface area contributed by atoms with Crippen molar-refractivity contribution in [2.75, 3.05) is 12.9 Å². The summed E-state index contributed by atoms with van der Waals surface area (Å²) < 4.78 is 31.5. The van der Waals surface area contributed by atoms with E-state index >= 15 is 0 Å². The second-order valence-electron chi connectivity index (χ2n) is 3.95. The van der Waals surface area contributed by atoms with E-state index in [2.05, 4.69) is 4.18 Å². The molecule has 0 aliphatic rings. The number of aliphatic carboxylic acids is 1. The van der Waals surface area contributed by atoms with Crippen LogP contribution in [0.4, 0.5) is 0 Å². The Labute approximate surface area is 112 Å². The molecule has 1 rings (SSSR count). The largest absolute Gasteiger partial charge is 0.479 e. The van der Waals surface area contributed by atoms with Gasteiger partial charge < -0.3 is 9.84 Å². The fourth-order valence-corrected chi connectivity index (χ4v) is 1.98. The maximum absolute atomic E-state index is 10.9. The first kappa shape index (κ1) is 15.6. The summed E-state index contributed by atoms with van der Waals surface area (Å²) >= 11 is 0. The Morgan fingerprint density at radius 1 is 1.32 bits per heavy atom. The lowest BCUT2D eigenvalue weighted by Crippen LogP contribution is -2.28. The predicted molar refractivity (Wildman–Crippen MR) is 68.1 cm³/mol. The molecular weight excluding hydrogens is 272 g/mol. The van der Waals surface area contributed by atoms with Gasteiger partial charge in [0.05, 0.1) is 19.5 Å². The summed E-state index contributed by atoms with van der Waals surface area (Å²) in [5.41, 5.74) is 0.957. The highest BCUT2D eigenvalue weighted by molar-refractivity contribution is 7.86. The van der Waals surface area contributed by atoms with Gasteiger partial charge in [0.1, 0.15) is 0 Å². The van der Waals surface area contributed by atoms with Crippen molar-refractivity contribution in [3.8, 4) is 0 Å². The number of carbonyl (C=O) groups is 1. The summed E-state index contributed by atoms with van der Waals surface area (Å²) in [6.45, 7) is 0.438. The number of benzene rings is 1. The molecule has 0 amide bonds. The topological polar surface area (TPSA) is 89.9 Å². The standard InChI is InChI=1S/C12H16O6S/c1-19(15,16)18-11(12(13)14)7-8-17-9-10-5-3-2-4-6-10/h2-6,11H,7-9H2,1H3,(H,13,14)/t11-/m1/s1. The van der Waals surface area contributed by atoms with Crippen LogP contribution in [-0.2, 0) is 30.4 Å². The molecule has 0 saturated heterocycles. The summed E-state index contributed by atoms with van der Waals surface area (Å²) in [6.07, 6.45) is -0.631. The second-order valence-corrected chi connectivity index (χ2v) is 5.55. The van der Waals surface area contributed by atoms with Crippen molar-refractivity contribution in [1.82, 2.24) is 0 Å². The summed E-state index contributed by atoms with van der Waals surface area (Å²) in [7, 11) is -3.79. The Bertz CT molecular complexity index is 496. The zero-order valence-electron chi connectivity index (χ0n) is 10.5. The van der Waals surface area contributed by atoms with E-state index < -0.39 is 22.2 Å². The summed E-state index contributed by atoms with van der Waals surface area (Å²) in [5.74, 6) is -1.33. The first-order valence-electron chi connectivity index (χ1n) is 5.61. The maximum atomic E-state index is 10.9. The third-order valence-corrected chi connectivity index (χ3v) is 2.78. The molecule has 0 aliphatic heterocycles. The van der Waals surface area contributed by atoms with Crippen LogP contribution >= 0.6 is 0 Å². The highest BCUT2D eigenvalue weighted by Crippen LogP contribution is 2.06. The normalized spacial score (nSPS) is 13.1. The lowest BCUT2D eigenvalue weighted by Gasteiger charge is -2.11. The predicted octanol–water partition coefficient (Wildman–Crippen LogP) is 1.02. The van der Waals surface area contributed by atoms with Crippen molar-refractivity contribution in [3.05, 3.63) is 35.9 Å². The van der Waals surface area contributed by atoms with Gasteiger partial charge in [-0.3, -0.25) is 4.18 Å². The number of carboxylic acid groups (broad SMARTS) is 1. The van der Waals surface area contributed by atoms with E-state index in [1.54, 1.807) is 0 Å². The average molecular weight is 288 g/mol. The van der Waals surface area contributed by atoms with Gasteiger partial charge in [-0.1, -0.05) is 30.3 Å². The fourth-order valence-electron chi connectivity index (χ4n) is 1.38. The van der Waals surface area contributed by atoms with Crippen LogP contribution < -0.4 is 0 Å². The van der Waals surface area contributed by atoms with Gasteiger partial charge in [0.2, 0.25) is 0 Å². The molecule has 7 heteroatoms. The molecule has 106 valence electrons. The monoisotopic (exact) mass is 288 g/mol. The highest BCUT2D eigenvalue weighted by atomic mass is 32.2. The highest BCUT2D eigenvalue weighted by Gasteiger charge is 2.22. The van der Waals surface area contributed by atoms with Gasteiger partial charge in [0.25, 0.3) is 10.1 Å². The molecule has 0 spiro atoms. The van der Waals surface area contributed by atoms with Gasteiger partial charge in [0.15, 0.2) is 6.10 Å². The lowest BCUT2D eigenvalue weighted by atomic mass is 10.2. The average Bonchev–Trinajstić information content (AvgIpc) is 2.32. The summed E-state index contributed by atoms with van der Waals surface area (Å²) in [4.78, 5) is 10.8. The van der Waals surface area contributed by atoms with Crippen LogP contribution in [0.1, 0.15) is 12.0 Å². The number of rotatable bonds is 8. The zero-order chi connectivity index (χ0) is 14.3. The van der Waals surface area contributed by atoms with Crippen LogP contribution in [0.2, 0.25) is 0 Å². The van der Waals surface area contributed by atoms with Gasteiger partial charge in [-0.15, -0.1) is 0 Å². The SMILES string of the molecule is CS(=O)(=O)O[C@H](CCOCc1ccccc1)C(=O)O. The van der Waals surface area contributed by atoms with Crippen molar-refractivity contribution < 1.29 is 27.2 Å². The van der Waals surface area contributed by atoms with Crippen LogP contribution in [0.25, 0.3) is 0 Å². The Hall–Kier alpha value is -1.44. The van der Waals surface area contributed by atoms with Crippen LogP contribution in [-0.4, -0.2) is 38.5 Å². The Morgan fingerprint density at radius 2 is 1.95 bits per heavy atom. The van der Waals surface area contributed by atoms with Crippen molar-refractivity contribution in [2.45, 2.75) is 19.1 Å². The van der Waals surface area contributed by atoms with Crippen molar-refractivity contribution in [2.24, 2.45) is 0 Å². The number of ether oxygens (including phenoxy) is 1. The van der Waals surface area contributed by atoms with Crippen molar-refractivity contribution in [1.29, 1.82) is 0 Å². The van der Waals surface area contributed by atoms with Gasteiger partial charge in [0, 0.05) is 6.42 Å². The van der Waals surface area contributed by atoms with E-state index in [0.29, 0.717) is 6.61 Å². The quantitative estimate of drug-likeness (QED) is 0.567. The molecule has 0 aromatic heterocycles. The van der Waals surface area contributed by atoms with Crippen molar-refractivity contribution >= 4 is 16.1 Å². The molecule has 0 radical (unpaired) electrons. The molecule has 1 aromatic rings. The van der Waals surface area contributed by atoms with E-state index in [1.807, 2.05) is 30.3 Å². The Morgan fingerprint density at radius 3 is 2.47 bits per heavy atom. The number of hydrogen-bond donors (Lipinski definition) is 1. The van der Waals surface area contributed by atoms with Gasteiger partial charge >= 0.3 is 5.97 Å². The van der Waals surface area contributed by atoms with E-state index in [-0.39, 0.29) is 13.0 Å². The molecule has 1 N–H and O–H groups in total. The third-order valence-electron chi connectivity index (χ3n) is 2.20. The van der Waals surface area contributed by atoms with E-state index in [0.717, 1.165) is 11.8 Å². The minimum atomic E-state index is -3.79. The van der Waals surface area contributed by atoms with Gasteiger partial charge in [-0.2, -0.15) is 8.42 Å². The molecule has 0 heterocycles. The molecule has 19 heavy (non-hydrogen) atoms. The van der Waals surface area contributed by atoms with E-state index in [1.165, 1.54) is 0 Å². The summed E-state index contributed by atoms with van der Waals surface area (Å²) in [5, 5.41) is 8.81. The Kier molecular flexibility index (Phi) is 5.94. The first-order chi connectivity index (χ1) is 8.88. The molecule has 6 nitrogen and oxygen atoms in total. The molecule has 1 aromatic carbocycles. The van der Waals surface area contributed by atoms with E-state index in [9.17, 15) is 13.2 Å². The smallest absolute Gasteiger partial charge is 0.334 e. The second kappa shape index (κ2) is 7.22. The molecule has 0 unspecified atom stereocenters. The van der Waals surface area contributed by atoms with Crippen LogP contribution in [0, 0.1) is 0 Å². The minimum Gasteiger partial charge on any atom is -0.479 e. The number of hydrogen-bond acceptors (Lipinski definition) is 5. The molecule has 0 aliphatic carbocycles. The molecule has 0 saturated carbocycles. The van der Waals surface area contributed by atoms with Crippen molar-refractivity contribution in [3.63, 3.8) is 0 Å². The van der Waals surface area contributed by atoms with Gasteiger partial charge in [-0.05, 0) is 5.56 Å². The van der Waals surface area contributed by atoms with E-state index in [4.69, 9.17) is 9.84 Å². The zero-order valence-corrected chi connectivity index (χ0v) is 11.3. The number of carboxylic acids is 1. The first-order valence-corrected chi connectivity index (χ1v) is 7.43. The Balaban J connectivity index is 2.35. The fraction of sp³-hybridized carbons (Fsp3) is 0.417. The third kappa shape index (κ3) is 6.90. The van der Waals surface area contributed by atoms with Crippen LogP contribution in [0.5, 0.6) is 0 Å². The lowest BCUT2D eigenvalue weighted by molar-refractivity contribution is -0.145. The molecular formula is C12H16O6S. The maximum Gasteiger partial charge on any atom is 0.334 e. The van der Waals surface area contributed by atoms with Gasteiger partial charge in [-0.25, -0.2) is 4.79 Å².